The van der Waals surface area contributed by atoms with Crippen molar-refractivity contribution in [1.82, 2.24) is 14.5 Å². The number of nitrogens with one attached hydrogen (secondary N) is 1. The zero-order valence-corrected chi connectivity index (χ0v) is 12.6. The summed E-state index contributed by atoms with van der Waals surface area (Å²) in [5.74, 6) is -1.70. The number of carboxylic acids is 1. The number of aryl methyl sites for hydroxylation is 3. The lowest BCUT2D eigenvalue weighted by Gasteiger charge is -2.04. The molecule has 114 valence electrons. The zero-order valence-electron chi connectivity index (χ0n) is 11.7. The molecule has 0 aromatic carbocycles. The fourth-order valence-electron chi connectivity index (χ4n) is 1.91. The number of nitrogens with zero attached hydrogens (tertiary/aromatic N) is 2. The molecule has 0 spiro atoms. The molecule has 0 unspecified atom stereocenters. The molecule has 21 heavy (non-hydrogen) atoms. The summed E-state index contributed by atoms with van der Waals surface area (Å²) in [5, 5.41) is 12.9. The number of aromatic carboxylic acids is 1. The molecule has 2 heterocycles. The molecule has 2 rings (SSSR count). The van der Waals surface area contributed by atoms with Gasteiger partial charge in [0.15, 0.2) is 0 Å². The van der Waals surface area contributed by atoms with Gasteiger partial charge in [0.1, 0.15) is 10.7 Å². The normalized spacial score (nSPS) is 11.8. The van der Waals surface area contributed by atoms with Crippen LogP contribution in [0.2, 0.25) is 0 Å². The van der Waals surface area contributed by atoms with Gasteiger partial charge in [-0.15, -0.1) is 0 Å². The van der Waals surface area contributed by atoms with Crippen molar-refractivity contribution >= 4 is 16.0 Å². The fourth-order valence-corrected chi connectivity index (χ4v) is 3.09. The minimum absolute atomic E-state index is 0.0304. The number of carboxylic acid groups (broad SMARTS) is 1. The van der Waals surface area contributed by atoms with Gasteiger partial charge in [0, 0.05) is 31.4 Å². The Hall–Kier alpha value is -2.13. The van der Waals surface area contributed by atoms with Crippen LogP contribution >= 0.6 is 0 Å². The summed E-state index contributed by atoms with van der Waals surface area (Å²) in [5.41, 5.74) is 1.45. The van der Waals surface area contributed by atoms with E-state index in [1.54, 1.807) is 24.9 Å². The quantitative estimate of drug-likeness (QED) is 0.844. The summed E-state index contributed by atoms with van der Waals surface area (Å²) < 4.78 is 33.3. The molecule has 0 aliphatic carbocycles. The lowest BCUT2D eigenvalue weighted by Crippen LogP contribution is -2.23. The van der Waals surface area contributed by atoms with E-state index in [-0.39, 0.29) is 17.2 Å². The van der Waals surface area contributed by atoms with E-state index >= 15 is 0 Å². The van der Waals surface area contributed by atoms with Crippen LogP contribution in [0.5, 0.6) is 0 Å². The van der Waals surface area contributed by atoms with Crippen LogP contribution in [0.4, 0.5) is 0 Å². The molecule has 0 saturated carbocycles. The third-order valence-corrected chi connectivity index (χ3v) is 4.45. The summed E-state index contributed by atoms with van der Waals surface area (Å²) in [6.45, 7) is 3.24. The standard InChI is InChI=1S/C12H15N3O5S/c1-7-9(6-15(3)14-7)5-13-21(18,19)11-4-10(12(16)17)20-8(11)2/h4,6,13H,5H2,1-3H3,(H,16,17). The molecule has 0 atom stereocenters. The van der Waals surface area contributed by atoms with Crippen molar-refractivity contribution < 1.29 is 22.7 Å². The van der Waals surface area contributed by atoms with Gasteiger partial charge >= 0.3 is 5.97 Å². The number of furan rings is 1. The molecule has 0 aliphatic heterocycles. The average molecular weight is 313 g/mol. The largest absolute Gasteiger partial charge is 0.475 e. The van der Waals surface area contributed by atoms with Gasteiger partial charge in [-0.25, -0.2) is 17.9 Å². The Balaban J connectivity index is 2.22. The maximum absolute atomic E-state index is 12.2. The minimum Gasteiger partial charge on any atom is -0.475 e. The number of sulfonamides is 1. The Morgan fingerprint density at radius 1 is 1.48 bits per heavy atom. The molecule has 0 bridgehead atoms. The summed E-state index contributed by atoms with van der Waals surface area (Å²) in [6, 6.07) is 0.996. The summed E-state index contributed by atoms with van der Waals surface area (Å²) in [7, 11) is -2.11. The van der Waals surface area contributed by atoms with Gasteiger partial charge in [0.2, 0.25) is 15.8 Å². The highest BCUT2D eigenvalue weighted by atomic mass is 32.2. The Morgan fingerprint density at radius 3 is 2.62 bits per heavy atom. The first kappa shape index (κ1) is 15.3. The first-order valence-corrected chi connectivity index (χ1v) is 7.51. The van der Waals surface area contributed by atoms with Crippen molar-refractivity contribution in [2.45, 2.75) is 25.3 Å². The van der Waals surface area contributed by atoms with Crippen LogP contribution in [0.1, 0.15) is 27.6 Å². The number of rotatable bonds is 5. The number of hydrogen-bond acceptors (Lipinski definition) is 5. The van der Waals surface area contributed by atoms with Crippen LogP contribution in [0.3, 0.4) is 0 Å². The number of aromatic nitrogens is 2. The van der Waals surface area contributed by atoms with Crippen molar-refractivity contribution in [1.29, 1.82) is 0 Å². The minimum atomic E-state index is -3.85. The molecule has 2 aromatic heterocycles. The van der Waals surface area contributed by atoms with Gasteiger partial charge in [0.25, 0.3) is 0 Å². The van der Waals surface area contributed by atoms with Crippen LogP contribution < -0.4 is 4.72 Å². The molecule has 8 nitrogen and oxygen atoms in total. The predicted octanol–water partition coefficient (Wildman–Crippen LogP) is 0.807. The molecule has 2 N–H and O–H groups in total. The number of hydrogen-bond donors (Lipinski definition) is 2. The van der Waals surface area contributed by atoms with Crippen molar-refractivity contribution in [2.75, 3.05) is 0 Å². The van der Waals surface area contributed by atoms with E-state index in [1.807, 2.05) is 0 Å². The van der Waals surface area contributed by atoms with Crippen LogP contribution in [0, 0.1) is 13.8 Å². The molecule has 9 heteroatoms. The Kier molecular flexibility index (Phi) is 3.88. The molecular weight excluding hydrogens is 298 g/mol. The SMILES string of the molecule is Cc1nn(C)cc1CNS(=O)(=O)c1cc(C(=O)O)oc1C. The van der Waals surface area contributed by atoms with Crippen molar-refractivity contribution in [3.8, 4) is 0 Å². The molecule has 0 fully saturated rings. The monoisotopic (exact) mass is 313 g/mol. The van der Waals surface area contributed by atoms with E-state index in [1.165, 1.54) is 6.92 Å². The van der Waals surface area contributed by atoms with Gasteiger partial charge in [0.05, 0.1) is 5.69 Å². The maximum atomic E-state index is 12.2. The van der Waals surface area contributed by atoms with Crippen molar-refractivity contribution in [2.24, 2.45) is 7.05 Å². The second-order valence-corrected chi connectivity index (χ2v) is 6.31. The first-order valence-electron chi connectivity index (χ1n) is 6.03. The summed E-state index contributed by atoms with van der Waals surface area (Å²) in [4.78, 5) is 10.6. The van der Waals surface area contributed by atoms with E-state index in [4.69, 9.17) is 9.52 Å². The second-order valence-electron chi connectivity index (χ2n) is 4.57. The second kappa shape index (κ2) is 5.34. The van der Waals surface area contributed by atoms with Crippen LogP contribution in [-0.2, 0) is 23.6 Å². The van der Waals surface area contributed by atoms with Crippen LogP contribution in [0.15, 0.2) is 21.6 Å². The Morgan fingerprint density at radius 2 is 2.14 bits per heavy atom. The van der Waals surface area contributed by atoms with Crippen LogP contribution in [0.25, 0.3) is 0 Å². The molecule has 2 aromatic rings. The van der Waals surface area contributed by atoms with Gasteiger partial charge in [-0.1, -0.05) is 0 Å². The van der Waals surface area contributed by atoms with E-state index in [0.717, 1.165) is 17.3 Å². The van der Waals surface area contributed by atoms with Crippen LogP contribution in [-0.4, -0.2) is 29.3 Å². The zero-order chi connectivity index (χ0) is 15.8. The highest BCUT2D eigenvalue weighted by molar-refractivity contribution is 7.89. The molecule has 0 amide bonds. The molecule has 0 aliphatic rings. The summed E-state index contributed by atoms with van der Waals surface area (Å²) >= 11 is 0. The molecule has 0 saturated heterocycles. The third kappa shape index (κ3) is 3.14. The van der Waals surface area contributed by atoms with Gasteiger partial charge in [-0.05, 0) is 13.8 Å². The lowest BCUT2D eigenvalue weighted by molar-refractivity contribution is 0.0661. The lowest BCUT2D eigenvalue weighted by atomic mass is 10.3. The Labute approximate surface area is 121 Å². The highest BCUT2D eigenvalue weighted by Crippen LogP contribution is 2.20. The van der Waals surface area contributed by atoms with Gasteiger partial charge in [-0.2, -0.15) is 5.10 Å². The van der Waals surface area contributed by atoms with Crippen molar-refractivity contribution in [3.63, 3.8) is 0 Å². The predicted molar refractivity (Wildman–Crippen MR) is 72.4 cm³/mol. The fraction of sp³-hybridized carbons (Fsp3) is 0.333. The molecular formula is C12H15N3O5S. The van der Waals surface area contributed by atoms with Gasteiger partial charge in [-0.3, -0.25) is 4.68 Å². The molecule has 0 radical (unpaired) electrons. The van der Waals surface area contributed by atoms with E-state index in [2.05, 4.69) is 9.82 Å². The summed E-state index contributed by atoms with van der Waals surface area (Å²) in [6.07, 6.45) is 1.71. The van der Waals surface area contributed by atoms with Gasteiger partial charge < -0.3 is 9.52 Å². The Bertz CT molecular complexity index is 788. The van der Waals surface area contributed by atoms with E-state index in [9.17, 15) is 13.2 Å². The maximum Gasteiger partial charge on any atom is 0.371 e. The van der Waals surface area contributed by atoms with E-state index < -0.39 is 21.8 Å². The number of carbonyl (C=O) groups is 1. The average Bonchev–Trinajstić information content (AvgIpc) is 2.90. The smallest absolute Gasteiger partial charge is 0.371 e. The van der Waals surface area contributed by atoms with E-state index in [0.29, 0.717) is 0 Å². The first-order chi connectivity index (χ1) is 9.70. The van der Waals surface area contributed by atoms with Crippen molar-refractivity contribution in [3.05, 3.63) is 35.0 Å². The topological polar surface area (TPSA) is 114 Å². The highest BCUT2D eigenvalue weighted by Gasteiger charge is 2.23. The third-order valence-electron chi connectivity index (χ3n) is 2.94.